The lowest BCUT2D eigenvalue weighted by Gasteiger charge is -2.20. The highest BCUT2D eigenvalue weighted by atomic mass is 79.9. The first-order chi connectivity index (χ1) is 6.79. The molecule has 15 heavy (non-hydrogen) atoms. The molecule has 0 saturated carbocycles. The Morgan fingerprint density at radius 2 is 2.00 bits per heavy atom. The summed E-state index contributed by atoms with van der Waals surface area (Å²) in [5.74, 6) is -1.56. The van der Waals surface area contributed by atoms with E-state index in [0.29, 0.717) is 4.47 Å². The molecule has 0 aromatic heterocycles. The largest absolute Gasteiger partial charge is 0.504 e. The van der Waals surface area contributed by atoms with E-state index in [1.165, 1.54) is 27.0 Å². The van der Waals surface area contributed by atoms with Gasteiger partial charge in [0.15, 0.2) is 11.5 Å². The lowest BCUT2D eigenvalue weighted by Crippen LogP contribution is -2.16. The number of benzene rings is 1. The zero-order valence-electron chi connectivity index (χ0n) is 8.64. The average Bonchev–Trinajstić information content (AvgIpc) is 2.10. The van der Waals surface area contributed by atoms with E-state index < -0.39 is 17.2 Å². The molecule has 0 unspecified atom stereocenters. The Balaban J connectivity index is 3.48. The summed E-state index contributed by atoms with van der Waals surface area (Å²) in [6, 6.07) is 1.43. The minimum atomic E-state index is -1.32. The van der Waals surface area contributed by atoms with Gasteiger partial charge in [-0.25, -0.2) is 0 Å². The van der Waals surface area contributed by atoms with Crippen LogP contribution in [0.2, 0.25) is 0 Å². The van der Waals surface area contributed by atoms with Gasteiger partial charge in [-0.15, -0.1) is 0 Å². The number of phenolic OH excluding ortho intramolecular Hbond substituents is 1. The molecule has 0 aliphatic heterocycles. The summed E-state index contributed by atoms with van der Waals surface area (Å²) in [5, 5.41) is 19.2. The number of ether oxygens (including phenoxy) is 1. The number of halogens is 2. The van der Waals surface area contributed by atoms with Crippen molar-refractivity contribution in [2.45, 2.75) is 19.4 Å². The van der Waals surface area contributed by atoms with Crippen molar-refractivity contribution in [1.29, 1.82) is 0 Å². The number of aliphatic hydroxyl groups is 1. The number of hydrogen-bond acceptors (Lipinski definition) is 3. The van der Waals surface area contributed by atoms with Crippen LogP contribution in [-0.2, 0) is 5.60 Å². The summed E-state index contributed by atoms with van der Waals surface area (Å²) >= 11 is 3.10. The van der Waals surface area contributed by atoms with Crippen molar-refractivity contribution in [3.05, 3.63) is 21.9 Å². The molecule has 0 heterocycles. The molecule has 1 aromatic rings. The van der Waals surface area contributed by atoms with Gasteiger partial charge in [0, 0.05) is 5.56 Å². The maximum atomic E-state index is 13.5. The molecule has 0 atom stereocenters. The molecule has 5 heteroatoms. The fourth-order valence-electron chi connectivity index (χ4n) is 1.24. The summed E-state index contributed by atoms with van der Waals surface area (Å²) in [7, 11) is 1.30. The van der Waals surface area contributed by atoms with Crippen molar-refractivity contribution in [2.75, 3.05) is 7.11 Å². The van der Waals surface area contributed by atoms with E-state index in [1.54, 1.807) is 0 Å². The standard InChI is InChI=1S/C10H12BrFO3/c1-10(2,14)5-4-6(11)9(15-3)7(12)8(5)13/h4,13-14H,1-3H3. The molecule has 2 N–H and O–H groups in total. The van der Waals surface area contributed by atoms with Gasteiger partial charge in [-0.2, -0.15) is 4.39 Å². The highest BCUT2D eigenvalue weighted by molar-refractivity contribution is 9.10. The maximum absolute atomic E-state index is 13.5. The summed E-state index contributed by atoms with van der Waals surface area (Å²) in [4.78, 5) is 0. The second-order valence-electron chi connectivity index (χ2n) is 3.66. The highest BCUT2D eigenvalue weighted by Gasteiger charge is 2.26. The molecule has 0 aliphatic carbocycles. The van der Waals surface area contributed by atoms with Crippen LogP contribution >= 0.6 is 15.9 Å². The maximum Gasteiger partial charge on any atom is 0.208 e. The van der Waals surface area contributed by atoms with Gasteiger partial charge in [0.1, 0.15) is 0 Å². The van der Waals surface area contributed by atoms with Crippen LogP contribution in [-0.4, -0.2) is 17.3 Å². The summed E-state index contributed by atoms with van der Waals surface area (Å²) in [6.07, 6.45) is 0. The van der Waals surface area contributed by atoms with Gasteiger partial charge in [0.25, 0.3) is 0 Å². The predicted octanol–water partition coefficient (Wildman–Crippen LogP) is 2.53. The van der Waals surface area contributed by atoms with Crippen molar-refractivity contribution in [3.63, 3.8) is 0 Å². The van der Waals surface area contributed by atoms with E-state index in [4.69, 9.17) is 4.74 Å². The highest BCUT2D eigenvalue weighted by Crippen LogP contribution is 2.40. The van der Waals surface area contributed by atoms with Crippen LogP contribution in [0.25, 0.3) is 0 Å². The fraction of sp³-hybridized carbons (Fsp3) is 0.400. The molecule has 0 aliphatic rings. The van der Waals surface area contributed by atoms with Crippen LogP contribution in [0.5, 0.6) is 11.5 Å². The minimum absolute atomic E-state index is 0.0829. The van der Waals surface area contributed by atoms with Crippen LogP contribution in [0.3, 0.4) is 0 Å². The number of methoxy groups -OCH3 is 1. The molecular formula is C10H12BrFO3. The SMILES string of the molecule is COc1c(Br)cc(C(C)(C)O)c(O)c1F. The third kappa shape index (κ3) is 2.23. The Morgan fingerprint density at radius 1 is 1.47 bits per heavy atom. The van der Waals surface area contributed by atoms with Crippen LogP contribution in [0, 0.1) is 5.82 Å². The summed E-state index contributed by atoms with van der Waals surface area (Å²) in [6.45, 7) is 2.92. The molecular weight excluding hydrogens is 267 g/mol. The zero-order chi connectivity index (χ0) is 11.8. The first-order valence-corrected chi connectivity index (χ1v) is 5.06. The van der Waals surface area contributed by atoms with Gasteiger partial charge < -0.3 is 14.9 Å². The van der Waals surface area contributed by atoms with Gasteiger partial charge in [-0.1, -0.05) is 0 Å². The summed E-state index contributed by atoms with van der Waals surface area (Å²) < 4.78 is 18.6. The predicted molar refractivity (Wildman–Crippen MR) is 57.6 cm³/mol. The first-order valence-electron chi connectivity index (χ1n) is 4.26. The molecule has 0 fully saturated rings. The van der Waals surface area contributed by atoms with E-state index in [1.807, 2.05) is 0 Å². The third-order valence-electron chi connectivity index (χ3n) is 2.01. The molecule has 0 saturated heterocycles. The second-order valence-corrected chi connectivity index (χ2v) is 4.52. The Labute approximate surface area is 95.6 Å². The van der Waals surface area contributed by atoms with E-state index in [-0.39, 0.29) is 11.3 Å². The zero-order valence-corrected chi connectivity index (χ0v) is 10.2. The Bertz CT molecular complexity index is 385. The fourth-order valence-corrected chi connectivity index (χ4v) is 1.81. The average molecular weight is 279 g/mol. The van der Waals surface area contributed by atoms with Crippen LogP contribution in [0.1, 0.15) is 19.4 Å². The van der Waals surface area contributed by atoms with Gasteiger partial charge >= 0.3 is 0 Å². The monoisotopic (exact) mass is 278 g/mol. The van der Waals surface area contributed by atoms with E-state index in [0.717, 1.165) is 0 Å². The van der Waals surface area contributed by atoms with Gasteiger partial charge in [0.2, 0.25) is 5.82 Å². The van der Waals surface area contributed by atoms with E-state index in [2.05, 4.69) is 15.9 Å². The molecule has 1 rings (SSSR count). The quantitative estimate of drug-likeness (QED) is 0.874. The molecule has 0 spiro atoms. The molecule has 0 bridgehead atoms. The Kier molecular flexibility index (Phi) is 3.25. The van der Waals surface area contributed by atoms with Crippen LogP contribution in [0.4, 0.5) is 4.39 Å². The minimum Gasteiger partial charge on any atom is -0.504 e. The van der Waals surface area contributed by atoms with Gasteiger partial charge in [0.05, 0.1) is 17.2 Å². The van der Waals surface area contributed by atoms with Crippen LogP contribution < -0.4 is 4.74 Å². The lowest BCUT2D eigenvalue weighted by atomic mass is 9.97. The van der Waals surface area contributed by atoms with E-state index in [9.17, 15) is 14.6 Å². The topological polar surface area (TPSA) is 49.7 Å². The second kappa shape index (κ2) is 3.98. The smallest absolute Gasteiger partial charge is 0.208 e. The normalized spacial score (nSPS) is 11.6. The molecule has 3 nitrogen and oxygen atoms in total. The van der Waals surface area contributed by atoms with E-state index >= 15 is 0 Å². The Morgan fingerprint density at radius 3 is 2.40 bits per heavy atom. The van der Waals surface area contributed by atoms with Crippen LogP contribution in [0.15, 0.2) is 10.5 Å². The number of rotatable bonds is 2. The Hall–Kier alpha value is -0.810. The number of phenols is 1. The lowest BCUT2D eigenvalue weighted by molar-refractivity contribution is 0.0749. The molecule has 0 radical (unpaired) electrons. The number of aromatic hydroxyl groups is 1. The van der Waals surface area contributed by atoms with Gasteiger partial charge in [-0.3, -0.25) is 0 Å². The molecule has 1 aromatic carbocycles. The summed E-state index contributed by atoms with van der Waals surface area (Å²) in [5.41, 5.74) is -1.22. The van der Waals surface area contributed by atoms with Crippen molar-refractivity contribution in [3.8, 4) is 11.5 Å². The number of hydrogen-bond donors (Lipinski definition) is 2. The molecule has 84 valence electrons. The van der Waals surface area contributed by atoms with Crippen molar-refractivity contribution < 1.29 is 19.3 Å². The van der Waals surface area contributed by atoms with Gasteiger partial charge in [-0.05, 0) is 35.8 Å². The van der Waals surface area contributed by atoms with Crippen molar-refractivity contribution in [2.24, 2.45) is 0 Å². The van der Waals surface area contributed by atoms with Crippen molar-refractivity contribution in [1.82, 2.24) is 0 Å². The molecule has 0 amide bonds. The van der Waals surface area contributed by atoms with Crippen molar-refractivity contribution >= 4 is 15.9 Å². The first kappa shape index (κ1) is 12.3. The third-order valence-corrected chi connectivity index (χ3v) is 2.60.